The van der Waals surface area contributed by atoms with E-state index < -0.39 is 0 Å². The smallest absolute Gasteiger partial charge is 0.0850 e. The molecule has 1 rings (SSSR count). The number of methoxy groups -OCH3 is 1. The van der Waals surface area contributed by atoms with Gasteiger partial charge in [0.15, 0.2) is 0 Å². The number of nitrogens with one attached hydrogen (secondary N) is 1. The first-order chi connectivity index (χ1) is 8.13. The first-order valence-electron chi connectivity index (χ1n) is 5.79. The Hall–Kier alpha value is -0.620. The van der Waals surface area contributed by atoms with Crippen molar-refractivity contribution < 1.29 is 4.74 Å². The molecule has 98 valence electrons. The highest BCUT2D eigenvalue weighted by Gasteiger charge is 2.17. The number of aryl methyl sites for hydroxylation is 2. The molecule has 0 spiro atoms. The van der Waals surface area contributed by atoms with Gasteiger partial charge in [0.2, 0.25) is 0 Å². The minimum atomic E-state index is 0.146. The van der Waals surface area contributed by atoms with Crippen molar-refractivity contribution in [2.45, 2.75) is 32.2 Å². The lowest BCUT2D eigenvalue weighted by atomic mass is 10.1. The third-order valence-electron chi connectivity index (χ3n) is 2.85. The summed E-state index contributed by atoms with van der Waals surface area (Å²) in [6.45, 7) is 2.71. The summed E-state index contributed by atoms with van der Waals surface area (Å²) >= 11 is 6.28. The van der Waals surface area contributed by atoms with Crippen LogP contribution in [0.25, 0.3) is 0 Å². The SMILES string of the molecule is CCc1nn(C)c(CC(CCOC)NN)c1Cl. The number of nitrogens with zero attached hydrogens (tertiary/aromatic N) is 2. The van der Waals surface area contributed by atoms with Gasteiger partial charge in [-0.2, -0.15) is 5.10 Å². The molecule has 0 aromatic carbocycles. The van der Waals surface area contributed by atoms with Gasteiger partial charge >= 0.3 is 0 Å². The quantitative estimate of drug-likeness (QED) is 0.568. The molecule has 1 heterocycles. The maximum atomic E-state index is 6.28. The Bertz CT molecular complexity index is 353. The highest BCUT2D eigenvalue weighted by atomic mass is 35.5. The Morgan fingerprint density at radius 3 is 2.76 bits per heavy atom. The van der Waals surface area contributed by atoms with E-state index in [1.54, 1.807) is 7.11 Å². The van der Waals surface area contributed by atoms with Crippen LogP contribution in [0.1, 0.15) is 24.7 Å². The molecule has 0 saturated heterocycles. The number of ether oxygens (including phenoxy) is 1. The number of hydrogen-bond acceptors (Lipinski definition) is 4. The number of nitrogens with two attached hydrogens (primary N) is 1. The molecule has 0 bridgehead atoms. The minimum Gasteiger partial charge on any atom is -0.385 e. The molecule has 0 amide bonds. The van der Waals surface area contributed by atoms with Crippen LogP contribution in [0.15, 0.2) is 0 Å². The Morgan fingerprint density at radius 2 is 2.29 bits per heavy atom. The minimum absolute atomic E-state index is 0.146. The average molecular weight is 261 g/mol. The van der Waals surface area contributed by atoms with E-state index in [-0.39, 0.29) is 6.04 Å². The zero-order chi connectivity index (χ0) is 12.8. The molecule has 5 nitrogen and oxygen atoms in total. The summed E-state index contributed by atoms with van der Waals surface area (Å²) in [5, 5.41) is 5.14. The zero-order valence-corrected chi connectivity index (χ0v) is 11.4. The Labute approximate surface area is 107 Å². The molecule has 1 atom stereocenters. The lowest BCUT2D eigenvalue weighted by molar-refractivity contribution is 0.182. The maximum Gasteiger partial charge on any atom is 0.0850 e. The van der Waals surface area contributed by atoms with Gasteiger partial charge in [0.1, 0.15) is 0 Å². The number of rotatable bonds is 7. The highest BCUT2D eigenvalue weighted by molar-refractivity contribution is 6.31. The number of hydrogen-bond donors (Lipinski definition) is 2. The summed E-state index contributed by atoms with van der Waals surface area (Å²) in [6.07, 6.45) is 2.43. The molecule has 0 saturated carbocycles. The van der Waals surface area contributed by atoms with Crippen LogP contribution in [0.2, 0.25) is 5.02 Å². The van der Waals surface area contributed by atoms with Crippen LogP contribution in [0.5, 0.6) is 0 Å². The molecule has 0 fully saturated rings. The molecule has 1 aromatic heterocycles. The summed E-state index contributed by atoms with van der Waals surface area (Å²) in [5.74, 6) is 5.52. The van der Waals surface area contributed by atoms with Gasteiger partial charge < -0.3 is 4.74 Å². The number of hydrazine groups is 1. The molecule has 0 aliphatic rings. The van der Waals surface area contributed by atoms with Crippen LogP contribution in [-0.4, -0.2) is 29.5 Å². The Kier molecular flexibility index (Phi) is 5.91. The van der Waals surface area contributed by atoms with Crippen molar-refractivity contribution in [2.24, 2.45) is 12.9 Å². The van der Waals surface area contributed by atoms with E-state index in [1.807, 2.05) is 18.7 Å². The van der Waals surface area contributed by atoms with Gasteiger partial charge in [0, 0.05) is 33.2 Å². The molecular formula is C11H21ClN4O. The lowest BCUT2D eigenvalue weighted by Gasteiger charge is -2.15. The van der Waals surface area contributed by atoms with Crippen molar-refractivity contribution in [1.29, 1.82) is 0 Å². The normalized spacial score (nSPS) is 13.0. The molecular weight excluding hydrogens is 240 g/mol. The standard InChI is InChI=1S/C11H21ClN4O/c1-4-9-11(12)10(16(2)15-9)7-8(14-13)5-6-17-3/h8,14H,4-7,13H2,1-3H3. The van der Waals surface area contributed by atoms with E-state index in [2.05, 4.69) is 10.5 Å². The van der Waals surface area contributed by atoms with E-state index in [4.69, 9.17) is 22.2 Å². The third kappa shape index (κ3) is 3.67. The second kappa shape index (κ2) is 6.96. The van der Waals surface area contributed by atoms with Gasteiger partial charge in [-0.3, -0.25) is 16.0 Å². The van der Waals surface area contributed by atoms with Crippen molar-refractivity contribution in [2.75, 3.05) is 13.7 Å². The molecule has 3 N–H and O–H groups in total. The predicted octanol–water partition coefficient (Wildman–Crippen LogP) is 1.05. The van der Waals surface area contributed by atoms with Crippen LogP contribution in [0.4, 0.5) is 0 Å². The fourth-order valence-corrected chi connectivity index (χ4v) is 2.15. The van der Waals surface area contributed by atoms with E-state index in [0.717, 1.165) is 35.7 Å². The van der Waals surface area contributed by atoms with Crippen molar-refractivity contribution in [3.05, 3.63) is 16.4 Å². The number of halogens is 1. The van der Waals surface area contributed by atoms with Gasteiger partial charge in [0.05, 0.1) is 16.4 Å². The van der Waals surface area contributed by atoms with Crippen molar-refractivity contribution in [3.8, 4) is 0 Å². The van der Waals surface area contributed by atoms with Crippen LogP contribution >= 0.6 is 11.6 Å². The average Bonchev–Trinajstić information content (AvgIpc) is 2.60. The van der Waals surface area contributed by atoms with E-state index in [9.17, 15) is 0 Å². The summed E-state index contributed by atoms with van der Waals surface area (Å²) in [5.41, 5.74) is 4.74. The van der Waals surface area contributed by atoms with Crippen molar-refractivity contribution >= 4 is 11.6 Å². The third-order valence-corrected chi connectivity index (χ3v) is 3.29. The summed E-state index contributed by atoms with van der Waals surface area (Å²) in [6, 6.07) is 0.146. The molecule has 0 aliphatic carbocycles. The van der Waals surface area contributed by atoms with Gasteiger partial charge in [-0.1, -0.05) is 18.5 Å². The van der Waals surface area contributed by atoms with E-state index in [1.165, 1.54) is 0 Å². The second-order valence-corrected chi connectivity index (χ2v) is 4.41. The monoisotopic (exact) mass is 260 g/mol. The maximum absolute atomic E-state index is 6.28. The van der Waals surface area contributed by atoms with Crippen molar-refractivity contribution in [1.82, 2.24) is 15.2 Å². The lowest BCUT2D eigenvalue weighted by Crippen LogP contribution is -2.38. The second-order valence-electron chi connectivity index (χ2n) is 4.03. The Morgan fingerprint density at radius 1 is 1.59 bits per heavy atom. The van der Waals surface area contributed by atoms with Gasteiger partial charge in [-0.15, -0.1) is 0 Å². The molecule has 0 radical (unpaired) electrons. The molecule has 0 aliphatic heterocycles. The summed E-state index contributed by atoms with van der Waals surface area (Å²) < 4.78 is 6.88. The predicted molar refractivity (Wildman–Crippen MR) is 68.9 cm³/mol. The van der Waals surface area contributed by atoms with Crippen LogP contribution in [-0.2, 0) is 24.6 Å². The molecule has 17 heavy (non-hydrogen) atoms. The van der Waals surface area contributed by atoms with Crippen LogP contribution in [0.3, 0.4) is 0 Å². The van der Waals surface area contributed by atoms with Gasteiger partial charge in [0.25, 0.3) is 0 Å². The van der Waals surface area contributed by atoms with Crippen LogP contribution in [0, 0.1) is 0 Å². The summed E-state index contributed by atoms with van der Waals surface area (Å²) in [4.78, 5) is 0. The van der Waals surface area contributed by atoms with E-state index in [0.29, 0.717) is 6.61 Å². The number of aromatic nitrogens is 2. The largest absolute Gasteiger partial charge is 0.385 e. The molecule has 6 heteroatoms. The van der Waals surface area contributed by atoms with E-state index >= 15 is 0 Å². The Balaban J connectivity index is 2.75. The fourth-order valence-electron chi connectivity index (χ4n) is 1.78. The van der Waals surface area contributed by atoms with Gasteiger partial charge in [-0.25, -0.2) is 0 Å². The topological polar surface area (TPSA) is 65.1 Å². The first-order valence-corrected chi connectivity index (χ1v) is 6.17. The van der Waals surface area contributed by atoms with Gasteiger partial charge in [-0.05, 0) is 12.8 Å². The van der Waals surface area contributed by atoms with Crippen molar-refractivity contribution in [3.63, 3.8) is 0 Å². The first kappa shape index (κ1) is 14.4. The molecule has 1 unspecified atom stereocenters. The fraction of sp³-hybridized carbons (Fsp3) is 0.727. The summed E-state index contributed by atoms with van der Waals surface area (Å²) in [7, 11) is 3.59. The van der Waals surface area contributed by atoms with Crippen LogP contribution < -0.4 is 11.3 Å². The molecule has 1 aromatic rings. The highest BCUT2D eigenvalue weighted by Crippen LogP contribution is 2.22. The zero-order valence-electron chi connectivity index (χ0n) is 10.7.